The van der Waals surface area contributed by atoms with Crippen molar-refractivity contribution in [3.8, 4) is 11.4 Å². The van der Waals surface area contributed by atoms with Gasteiger partial charge < -0.3 is 9.47 Å². The van der Waals surface area contributed by atoms with E-state index in [0.717, 1.165) is 23.1 Å². The number of aromatic nitrogens is 3. The van der Waals surface area contributed by atoms with Crippen LogP contribution >= 0.6 is 23.4 Å². The maximum atomic E-state index is 12.6. The summed E-state index contributed by atoms with van der Waals surface area (Å²) in [6.45, 7) is 10.9. The molecule has 0 spiro atoms. The van der Waals surface area contributed by atoms with Crippen molar-refractivity contribution in [2.75, 3.05) is 5.75 Å². The van der Waals surface area contributed by atoms with Crippen molar-refractivity contribution < 1.29 is 4.79 Å². The van der Waals surface area contributed by atoms with Gasteiger partial charge in [-0.25, -0.2) is 0 Å². The smallest absolute Gasteiger partial charge is 0.233 e. The van der Waals surface area contributed by atoms with Crippen LogP contribution in [0.2, 0.25) is 5.02 Å². The summed E-state index contributed by atoms with van der Waals surface area (Å²) >= 11 is 7.51. The van der Waals surface area contributed by atoms with Gasteiger partial charge in [0.05, 0.1) is 5.75 Å². The Hall–Kier alpha value is -1.53. The highest BCUT2D eigenvalue weighted by Crippen LogP contribution is 2.26. The average molecular weight is 381 g/mol. The van der Waals surface area contributed by atoms with Crippen LogP contribution in [0, 0.1) is 0 Å². The summed E-state index contributed by atoms with van der Waals surface area (Å²) in [6, 6.07) is 7.92. The fourth-order valence-electron chi connectivity index (χ4n) is 2.89. The highest BCUT2D eigenvalue weighted by molar-refractivity contribution is 7.99. The molecule has 1 aromatic carbocycles. The second-order valence-electron chi connectivity index (χ2n) is 6.34. The maximum absolute atomic E-state index is 12.6. The van der Waals surface area contributed by atoms with Gasteiger partial charge in [0.15, 0.2) is 11.0 Å². The quantitative estimate of drug-likeness (QED) is 0.670. The number of carbonyl (C=O) groups is 1. The third-order valence-corrected chi connectivity index (χ3v) is 5.03. The monoisotopic (exact) mass is 380 g/mol. The Kier molecular flexibility index (Phi) is 6.90. The largest absolute Gasteiger partial charge is 0.337 e. The summed E-state index contributed by atoms with van der Waals surface area (Å²) in [6.07, 6.45) is 0. The van der Waals surface area contributed by atoms with Crippen LogP contribution in [0.15, 0.2) is 29.4 Å². The van der Waals surface area contributed by atoms with Gasteiger partial charge in [0.25, 0.3) is 0 Å². The minimum absolute atomic E-state index is 0.116. The molecule has 0 unspecified atom stereocenters. The third kappa shape index (κ3) is 4.76. The van der Waals surface area contributed by atoms with Crippen LogP contribution in [0.5, 0.6) is 0 Å². The molecule has 0 aliphatic rings. The molecule has 5 nitrogen and oxygen atoms in total. The van der Waals surface area contributed by atoms with E-state index in [0.29, 0.717) is 10.8 Å². The molecule has 2 aromatic rings. The summed E-state index contributed by atoms with van der Waals surface area (Å²) in [5, 5.41) is 9.99. The van der Waals surface area contributed by atoms with Gasteiger partial charge in [0.1, 0.15) is 0 Å². The summed E-state index contributed by atoms with van der Waals surface area (Å²) < 4.78 is 2.01. The lowest BCUT2D eigenvalue weighted by Gasteiger charge is -2.30. The van der Waals surface area contributed by atoms with Crippen molar-refractivity contribution in [1.29, 1.82) is 0 Å². The first-order valence-electron chi connectivity index (χ1n) is 8.48. The van der Waals surface area contributed by atoms with E-state index in [9.17, 15) is 4.79 Å². The molecule has 0 N–H and O–H groups in total. The van der Waals surface area contributed by atoms with Gasteiger partial charge in [-0.05, 0) is 46.8 Å². The Balaban J connectivity index is 2.17. The lowest BCUT2D eigenvalue weighted by atomic mass is 10.2. The minimum Gasteiger partial charge on any atom is -0.337 e. The topological polar surface area (TPSA) is 51.0 Å². The molecule has 0 saturated carbocycles. The first-order chi connectivity index (χ1) is 11.8. The van der Waals surface area contributed by atoms with Crippen LogP contribution in [-0.2, 0) is 11.3 Å². The number of halogens is 1. The van der Waals surface area contributed by atoms with E-state index >= 15 is 0 Å². The number of rotatable bonds is 7. The Bertz CT molecular complexity index is 722. The number of benzene rings is 1. The van der Waals surface area contributed by atoms with E-state index in [1.54, 1.807) is 0 Å². The summed E-state index contributed by atoms with van der Waals surface area (Å²) in [4.78, 5) is 14.5. The van der Waals surface area contributed by atoms with Crippen LogP contribution in [0.25, 0.3) is 11.4 Å². The Morgan fingerprint density at radius 3 is 2.48 bits per heavy atom. The summed E-state index contributed by atoms with van der Waals surface area (Å²) in [5.74, 6) is 1.24. The lowest BCUT2D eigenvalue weighted by Crippen LogP contribution is -2.43. The average Bonchev–Trinajstić information content (AvgIpc) is 2.95. The van der Waals surface area contributed by atoms with E-state index < -0.39 is 0 Å². The lowest BCUT2D eigenvalue weighted by molar-refractivity contribution is -0.131. The fraction of sp³-hybridized carbons (Fsp3) is 0.500. The van der Waals surface area contributed by atoms with Crippen molar-refractivity contribution in [2.45, 2.75) is 58.4 Å². The number of nitrogens with zero attached hydrogens (tertiary/aromatic N) is 4. The van der Waals surface area contributed by atoms with Crippen molar-refractivity contribution in [3.63, 3.8) is 0 Å². The number of hydrogen-bond donors (Lipinski definition) is 0. The first-order valence-corrected chi connectivity index (χ1v) is 9.84. The van der Waals surface area contributed by atoms with Crippen molar-refractivity contribution in [2.24, 2.45) is 0 Å². The van der Waals surface area contributed by atoms with Gasteiger partial charge in [-0.2, -0.15) is 0 Å². The van der Waals surface area contributed by atoms with Gasteiger partial charge in [-0.15, -0.1) is 10.2 Å². The molecule has 1 heterocycles. The molecular weight excluding hydrogens is 356 g/mol. The van der Waals surface area contributed by atoms with Crippen molar-refractivity contribution >= 4 is 29.3 Å². The molecule has 1 aromatic heterocycles. The number of hydrogen-bond acceptors (Lipinski definition) is 4. The van der Waals surface area contributed by atoms with Crippen LogP contribution in [0.1, 0.15) is 34.6 Å². The van der Waals surface area contributed by atoms with Crippen molar-refractivity contribution in [1.82, 2.24) is 19.7 Å². The third-order valence-electron chi connectivity index (χ3n) is 3.84. The predicted octanol–water partition coefficient (Wildman–Crippen LogP) is 4.36. The normalized spacial score (nSPS) is 11.4. The van der Waals surface area contributed by atoms with Crippen molar-refractivity contribution in [3.05, 3.63) is 29.3 Å². The maximum Gasteiger partial charge on any atom is 0.233 e. The summed E-state index contributed by atoms with van der Waals surface area (Å²) in [5.41, 5.74) is 0.922. The predicted molar refractivity (Wildman–Crippen MR) is 104 cm³/mol. The zero-order chi connectivity index (χ0) is 18.6. The molecule has 2 rings (SSSR count). The van der Waals surface area contributed by atoms with Crippen LogP contribution in [0.4, 0.5) is 0 Å². The molecule has 0 aliphatic heterocycles. The second-order valence-corrected chi connectivity index (χ2v) is 7.72. The highest BCUT2D eigenvalue weighted by Gasteiger charge is 2.21. The van der Waals surface area contributed by atoms with Crippen LogP contribution in [-0.4, -0.2) is 43.4 Å². The first kappa shape index (κ1) is 19.8. The fourth-order valence-corrected chi connectivity index (χ4v) is 3.96. The molecule has 0 saturated heterocycles. The van der Waals surface area contributed by atoms with Gasteiger partial charge in [-0.3, -0.25) is 4.79 Å². The molecule has 0 radical (unpaired) electrons. The van der Waals surface area contributed by atoms with Gasteiger partial charge in [-0.1, -0.05) is 35.5 Å². The van der Waals surface area contributed by atoms with Gasteiger partial charge >= 0.3 is 0 Å². The molecule has 0 fully saturated rings. The molecule has 25 heavy (non-hydrogen) atoms. The molecule has 0 aliphatic carbocycles. The SMILES string of the molecule is CCn1c(SCC(=O)N(C(C)C)C(C)C)nnc1-c1cccc(Cl)c1. The molecular formula is C18H25ClN4OS. The molecule has 0 bridgehead atoms. The Labute approximate surface area is 158 Å². The number of amides is 1. The number of thioether (sulfide) groups is 1. The minimum atomic E-state index is 0.116. The van der Waals surface area contributed by atoms with Gasteiger partial charge in [0, 0.05) is 29.2 Å². The number of carbonyl (C=O) groups excluding carboxylic acids is 1. The summed E-state index contributed by atoms with van der Waals surface area (Å²) in [7, 11) is 0. The zero-order valence-electron chi connectivity index (χ0n) is 15.4. The molecule has 1 amide bonds. The van der Waals surface area contributed by atoms with E-state index in [2.05, 4.69) is 10.2 Å². The van der Waals surface area contributed by atoms with E-state index in [-0.39, 0.29) is 18.0 Å². The molecule has 0 atom stereocenters. The van der Waals surface area contributed by atoms with E-state index in [1.165, 1.54) is 11.8 Å². The second kappa shape index (κ2) is 8.72. The van der Waals surface area contributed by atoms with Crippen LogP contribution in [0.3, 0.4) is 0 Å². The standard InChI is InChI=1S/C18H25ClN4OS/c1-6-22-17(14-8-7-9-15(19)10-14)20-21-18(22)25-11-16(24)23(12(2)3)13(4)5/h7-10,12-13H,6,11H2,1-5H3. The zero-order valence-corrected chi connectivity index (χ0v) is 16.9. The molecule has 136 valence electrons. The van der Waals surface area contributed by atoms with E-state index in [4.69, 9.17) is 11.6 Å². The Morgan fingerprint density at radius 1 is 1.24 bits per heavy atom. The Morgan fingerprint density at radius 2 is 1.92 bits per heavy atom. The molecule has 7 heteroatoms. The van der Waals surface area contributed by atoms with Crippen LogP contribution < -0.4 is 0 Å². The van der Waals surface area contributed by atoms with Gasteiger partial charge in [0.2, 0.25) is 5.91 Å². The van der Waals surface area contributed by atoms with E-state index in [1.807, 2.05) is 68.4 Å². The highest BCUT2D eigenvalue weighted by atomic mass is 35.5.